The van der Waals surface area contributed by atoms with Crippen LogP contribution in [0, 0.1) is 0 Å². The predicted molar refractivity (Wildman–Crippen MR) is 66.3 cm³/mol. The second-order valence-electron chi connectivity index (χ2n) is 4.42. The Hall–Kier alpha value is -2.31. The Labute approximate surface area is 121 Å². The zero-order chi connectivity index (χ0) is 16.5. The molecule has 0 amide bonds. The van der Waals surface area contributed by atoms with Crippen LogP contribution in [0.3, 0.4) is 0 Å². The number of alkyl halides is 6. The van der Waals surface area contributed by atoms with Crippen LogP contribution in [0.2, 0.25) is 0 Å². The van der Waals surface area contributed by atoms with Gasteiger partial charge in [0, 0.05) is 11.1 Å². The van der Waals surface area contributed by atoms with Gasteiger partial charge in [-0.3, -0.25) is 4.79 Å². The second-order valence-corrected chi connectivity index (χ2v) is 4.42. The third-order valence-electron chi connectivity index (χ3n) is 2.93. The lowest BCUT2D eigenvalue weighted by atomic mass is 9.94. The van der Waals surface area contributed by atoms with Crippen molar-refractivity contribution < 1.29 is 31.1 Å². The average Bonchev–Trinajstić information content (AvgIpc) is 2.45. The van der Waals surface area contributed by atoms with Crippen molar-refractivity contribution in [3.63, 3.8) is 0 Å². The first-order chi connectivity index (χ1) is 10.1. The molecule has 0 aliphatic heterocycles. The first-order valence-corrected chi connectivity index (χ1v) is 5.99. The first kappa shape index (κ1) is 16.1. The van der Waals surface area contributed by atoms with Gasteiger partial charge < -0.3 is 0 Å². The molecule has 2 aromatic carbocycles. The molecule has 0 N–H and O–H groups in total. The van der Waals surface area contributed by atoms with E-state index in [0.717, 1.165) is 12.1 Å². The molecule has 0 fully saturated rings. The summed E-state index contributed by atoms with van der Waals surface area (Å²) in [7, 11) is 0. The van der Waals surface area contributed by atoms with Crippen LogP contribution < -0.4 is 0 Å². The van der Waals surface area contributed by atoms with Gasteiger partial charge in [-0.25, -0.2) is 0 Å². The van der Waals surface area contributed by atoms with E-state index in [4.69, 9.17) is 0 Å². The Balaban J connectivity index is 2.70. The third-order valence-corrected chi connectivity index (χ3v) is 2.93. The van der Waals surface area contributed by atoms with Crippen molar-refractivity contribution in [1.29, 1.82) is 0 Å². The molecule has 0 saturated heterocycles. The van der Waals surface area contributed by atoms with E-state index in [1.807, 2.05) is 0 Å². The van der Waals surface area contributed by atoms with Gasteiger partial charge in [0.15, 0.2) is 5.78 Å². The molecule has 0 spiro atoms. The highest BCUT2D eigenvalue weighted by Gasteiger charge is 2.45. The molecule has 0 aromatic heterocycles. The smallest absolute Gasteiger partial charge is 0.289 e. The van der Waals surface area contributed by atoms with Crippen LogP contribution in [-0.2, 0) is 12.4 Å². The van der Waals surface area contributed by atoms with Crippen LogP contribution in [0.5, 0.6) is 0 Å². The molecular weight excluding hydrogens is 310 g/mol. The maximum absolute atomic E-state index is 13.1. The fourth-order valence-electron chi connectivity index (χ4n) is 2.03. The average molecular weight is 318 g/mol. The van der Waals surface area contributed by atoms with E-state index in [2.05, 4.69) is 0 Å². The molecule has 0 aliphatic rings. The SMILES string of the molecule is O=C(c1ccccc1)c1cccc(C(F)(F)F)c1C(F)(F)F. The minimum atomic E-state index is -5.30. The molecule has 2 rings (SSSR count). The number of hydrogen-bond acceptors (Lipinski definition) is 1. The largest absolute Gasteiger partial charge is 0.417 e. The number of rotatable bonds is 2. The molecule has 0 atom stereocenters. The number of carbonyl (C=O) groups excluding carboxylic acids is 1. The lowest BCUT2D eigenvalue weighted by molar-refractivity contribution is -0.162. The van der Waals surface area contributed by atoms with Gasteiger partial charge in [0.1, 0.15) is 0 Å². The Bertz CT molecular complexity index is 685. The maximum Gasteiger partial charge on any atom is 0.417 e. The number of carbonyl (C=O) groups is 1. The van der Waals surface area contributed by atoms with E-state index in [0.29, 0.717) is 6.07 Å². The van der Waals surface area contributed by atoms with E-state index < -0.39 is 34.8 Å². The van der Waals surface area contributed by atoms with Crippen molar-refractivity contribution in [2.45, 2.75) is 12.4 Å². The van der Waals surface area contributed by atoms with E-state index >= 15 is 0 Å². The molecule has 0 radical (unpaired) electrons. The van der Waals surface area contributed by atoms with Gasteiger partial charge in [-0.15, -0.1) is 0 Å². The Kier molecular flexibility index (Phi) is 4.00. The maximum atomic E-state index is 13.1. The summed E-state index contributed by atoms with van der Waals surface area (Å²) in [5.74, 6) is -1.11. The molecule has 116 valence electrons. The first-order valence-electron chi connectivity index (χ1n) is 5.99. The van der Waals surface area contributed by atoms with Gasteiger partial charge in [-0.2, -0.15) is 26.3 Å². The Morgan fingerprint density at radius 3 is 1.82 bits per heavy atom. The number of halogens is 6. The summed E-state index contributed by atoms with van der Waals surface area (Å²) in [5.41, 5.74) is -4.97. The zero-order valence-corrected chi connectivity index (χ0v) is 10.8. The van der Waals surface area contributed by atoms with Crippen LogP contribution in [0.15, 0.2) is 48.5 Å². The Morgan fingerprint density at radius 1 is 0.727 bits per heavy atom. The highest BCUT2D eigenvalue weighted by atomic mass is 19.4. The summed E-state index contributed by atoms with van der Waals surface area (Å²) in [6.45, 7) is 0. The number of ketones is 1. The number of hydrogen-bond donors (Lipinski definition) is 0. The Morgan fingerprint density at radius 2 is 1.32 bits per heavy atom. The van der Waals surface area contributed by atoms with Crippen LogP contribution in [0.25, 0.3) is 0 Å². The van der Waals surface area contributed by atoms with Gasteiger partial charge in [0.25, 0.3) is 0 Å². The summed E-state index contributed by atoms with van der Waals surface area (Å²) in [5, 5.41) is 0. The van der Waals surface area contributed by atoms with Gasteiger partial charge in [-0.05, 0) is 6.07 Å². The topological polar surface area (TPSA) is 17.1 Å². The van der Waals surface area contributed by atoms with Crippen LogP contribution in [0.4, 0.5) is 26.3 Å². The monoisotopic (exact) mass is 318 g/mol. The number of benzene rings is 2. The minimum absolute atomic E-state index is 0.118. The van der Waals surface area contributed by atoms with Crippen LogP contribution in [0.1, 0.15) is 27.0 Å². The van der Waals surface area contributed by atoms with Crippen molar-refractivity contribution in [1.82, 2.24) is 0 Å². The van der Waals surface area contributed by atoms with Crippen LogP contribution in [-0.4, -0.2) is 5.78 Å². The van der Waals surface area contributed by atoms with Crippen molar-refractivity contribution >= 4 is 5.78 Å². The summed E-state index contributed by atoms with van der Waals surface area (Å²) < 4.78 is 77.6. The van der Waals surface area contributed by atoms with Crippen molar-refractivity contribution in [2.24, 2.45) is 0 Å². The standard InChI is InChI=1S/C15H8F6O/c16-14(17,18)11-8-4-7-10(12(11)15(19,20)21)13(22)9-5-2-1-3-6-9/h1-8H. The van der Waals surface area contributed by atoms with Gasteiger partial charge in [0.2, 0.25) is 0 Å². The molecule has 0 aliphatic carbocycles. The second kappa shape index (κ2) is 5.47. The quantitative estimate of drug-likeness (QED) is 0.565. The van der Waals surface area contributed by atoms with E-state index in [1.54, 1.807) is 0 Å². The molecule has 7 heteroatoms. The lowest BCUT2D eigenvalue weighted by Gasteiger charge is -2.18. The van der Waals surface area contributed by atoms with E-state index in [1.165, 1.54) is 30.3 Å². The molecule has 0 bridgehead atoms. The van der Waals surface area contributed by atoms with Gasteiger partial charge in [-0.1, -0.05) is 42.5 Å². The molecular formula is C15H8F6O. The zero-order valence-electron chi connectivity index (χ0n) is 10.8. The lowest BCUT2D eigenvalue weighted by Crippen LogP contribution is -2.21. The summed E-state index contributed by atoms with van der Waals surface area (Å²) in [4.78, 5) is 12.1. The van der Waals surface area contributed by atoms with Crippen LogP contribution >= 0.6 is 0 Å². The van der Waals surface area contributed by atoms with E-state index in [9.17, 15) is 31.1 Å². The fraction of sp³-hybridized carbons (Fsp3) is 0.133. The highest BCUT2D eigenvalue weighted by Crippen LogP contribution is 2.42. The van der Waals surface area contributed by atoms with Gasteiger partial charge in [0.05, 0.1) is 11.1 Å². The minimum Gasteiger partial charge on any atom is -0.289 e. The van der Waals surface area contributed by atoms with Gasteiger partial charge >= 0.3 is 12.4 Å². The van der Waals surface area contributed by atoms with Crippen molar-refractivity contribution in [3.8, 4) is 0 Å². The molecule has 0 heterocycles. The molecule has 2 aromatic rings. The predicted octanol–water partition coefficient (Wildman–Crippen LogP) is 4.96. The van der Waals surface area contributed by atoms with E-state index in [-0.39, 0.29) is 5.56 Å². The third kappa shape index (κ3) is 3.13. The molecule has 22 heavy (non-hydrogen) atoms. The molecule has 1 nitrogen and oxygen atoms in total. The summed E-state index contributed by atoms with van der Waals surface area (Å²) >= 11 is 0. The summed E-state index contributed by atoms with van der Waals surface area (Å²) in [6, 6.07) is 8.67. The summed E-state index contributed by atoms with van der Waals surface area (Å²) in [6.07, 6.45) is -10.5. The van der Waals surface area contributed by atoms with Crippen molar-refractivity contribution in [2.75, 3.05) is 0 Å². The highest BCUT2D eigenvalue weighted by molar-refractivity contribution is 6.10. The fourth-order valence-corrected chi connectivity index (χ4v) is 2.03. The molecule has 0 saturated carbocycles. The van der Waals surface area contributed by atoms with Crippen molar-refractivity contribution in [3.05, 3.63) is 70.8 Å². The normalized spacial score (nSPS) is 12.3. The molecule has 0 unspecified atom stereocenters.